The molecule has 1 aliphatic rings. The summed E-state index contributed by atoms with van der Waals surface area (Å²) in [7, 11) is -4.19. The van der Waals surface area contributed by atoms with Crippen molar-refractivity contribution in [3.63, 3.8) is 0 Å². The number of amides is 1. The number of carbonyl (C=O) groups is 1. The molecule has 0 radical (unpaired) electrons. The van der Waals surface area contributed by atoms with Gasteiger partial charge in [-0.15, -0.1) is 0 Å². The highest BCUT2D eigenvalue weighted by Crippen LogP contribution is 2.30. The van der Waals surface area contributed by atoms with E-state index in [-0.39, 0.29) is 13.0 Å². The first-order chi connectivity index (χ1) is 11.3. The largest absolute Gasteiger partial charge is 0.368 e. The highest BCUT2D eigenvalue weighted by molar-refractivity contribution is 7.89. The van der Waals surface area contributed by atoms with E-state index in [0.29, 0.717) is 5.56 Å². The van der Waals surface area contributed by atoms with E-state index < -0.39 is 32.7 Å². The van der Waals surface area contributed by atoms with Crippen molar-refractivity contribution in [2.45, 2.75) is 30.8 Å². The highest BCUT2D eigenvalue weighted by atomic mass is 32.2. The van der Waals surface area contributed by atoms with Crippen LogP contribution in [0.4, 0.5) is 4.39 Å². The summed E-state index contributed by atoms with van der Waals surface area (Å²) < 4.78 is 41.0. The monoisotopic (exact) mass is 348 g/mol. The predicted molar refractivity (Wildman–Crippen MR) is 87.0 cm³/mol. The van der Waals surface area contributed by atoms with E-state index in [2.05, 4.69) is 0 Å². The molecule has 1 heterocycles. The van der Waals surface area contributed by atoms with Crippen LogP contribution in [0.5, 0.6) is 0 Å². The van der Waals surface area contributed by atoms with Gasteiger partial charge in [0, 0.05) is 6.54 Å². The average molecular weight is 348 g/mol. The third-order valence-electron chi connectivity index (χ3n) is 4.21. The van der Waals surface area contributed by atoms with E-state index in [1.807, 2.05) is 12.1 Å². The molecule has 24 heavy (non-hydrogen) atoms. The van der Waals surface area contributed by atoms with Gasteiger partial charge in [-0.1, -0.05) is 30.3 Å². The van der Waals surface area contributed by atoms with Crippen LogP contribution in [0.25, 0.3) is 0 Å². The lowest BCUT2D eigenvalue weighted by Gasteiger charge is -2.34. The van der Waals surface area contributed by atoms with Crippen molar-refractivity contribution < 1.29 is 17.6 Å². The first-order valence-corrected chi connectivity index (χ1v) is 8.89. The minimum absolute atomic E-state index is 0.0144. The number of carbonyl (C=O) groups excluding carboxylic acids is 1. The molecule has 0 spiro atoms. The summed E-state index contributed by atoms with van der Waals surface area (Å²) in [5, 5.41) is 0. The molecule has 1 unspecified atom stereocenters. The minimum Gasteiger partial charge on any atom is -0.368 e. The van der Waals surface area contributed by atoms with E-state index in [4.69, 9.17) is 5.73 Å². The first-order valence-electron chi connectivity index (χ1n) is 7.45. The molecule has 2 aromatic rings. The fourth-order valence-electron chi connectivity index (χ4n) is 2.93. The molecule has 0 saturated carbocycles. The van der Waals surface area contributed by atoms with Crippen molar-refractivity contribution in [1.29, 1.82) is 0 Å². The lowest BCUT2D eigenvalue weighted by molar-refractivity contribution is -0.122. The molecule has 0 aliphatic carbocycles. The van der Waals surface area contributed by atoms with Crippen LogP contribution in [0.1, 0.15) is 16.7 Å². The SMILES string of the molecule is Cc1ccc(F)c(S(=O)(=O)N2Cc3ccccc3CC2C(N)=O)c1. The fraction of sp³-hybridized carbons (Fsp3) is 0.235. The predicted octanol–water partition coefficient (Wildman–Crippen LogP) is 1.74. The van der Waals surface area contributed by atoms with Crippen LogP contribution in [0, 0.1) is 12.7 Å². The van der Waals surface area contributed by atoms with Gasteiger partial charge in [-0.2, -0.15) is 4.31 Å². The first kappa shape index (κ1) is 16.6. The Morgan fingerprint density at radius 3 is 2.54 bits per heavy atom. The molecule has 1 atom stereocenters. The molecule has 7 heteroatoms. The summed E-state index contributed by atoms with van der Waals surface area (Å²) >= 11 is 0. The maximum absolute atomic E-state index is 14.1. The van der Waals surface area contributed by atoms with Crippen LogP contribution in [0.3, 0.4) is 0 Å². The van der Waals surface area contributed by atoms with Crippen LogP contribution in [-0.2, 0) is 27.8 Å². The molecule has 1 amide bonds. The zero-order valence-corrected chi connectivity index (χ0v) is 13.9. The van der Waals surface area contributed by atoms with E-state index in [1.54, 1.807) is 19.1 Å². The second kappa shape index (κ2) is 5.99. The van der Waals surface area contributed by atoms with Crippen LogP contribution in [0.2, 0.25) is 0 Å². The lowest BCUT2D eigenvalue weighted by atomic mass is 9.96. The number of fused-ring (bicyclic) bond motifs is 1. The number of hydrogen-bond acceptors (Lipinski definition) is 3. The maximum Gasteiger partial charge on any atom is 0.247 e. The topological polar surface area (TPSA) is 80.5 Å². The summed E-state index contributed by atoms with van der Waals surface area (Å²) in [5.74, 6) is -1.59. The van der Waals surface area contributed by atoms with E-state index in [0.717, 1.165) is 21.5 Å². The Balaban J connectivity index is 2.11. The van der Waals surface area contributed by atoms with Gasteiger partial charge in [-0.3, -0.25) is 4.79 Å². The summed E-state index contributed by atoms with van der Waals surface area (Å²) in [6, 6.07) is 10.1. The molecule has 1 aliphatic heterocycles. The third kappa shape index (κ3) is 2.81. The molecular formula is C17H17FN2O3S. The number of sulfonamides is 1. The van der Waals surface area contributed by atoms with Crippen LogP contribution in [-0.4, -0.2) is 24.7 Å². The Morgan fingerprint density at radius 2 is 1.88 bits per heavy atom. The van der Waals surface area contributed by atoms with Crippen molar-refractivity contribution >= 4 is 15.9 Å². The van der Waals surface area contributed by atoms with Gasteiger partial charge in [0.05, 0.1) is 0 Å². The number of benzene rings is 2. The van der Waals surface area contributed by atoms with Gasteiger partial charge < -0.3 is 5.73 Å². The molecule has 2 N–H and O–H groups in total. The van der Waals surface area contributed by atoms with Crippen LogP contribution >= 0.6 is 0 Å². The second-order valence-electron chi connectivity index (χ2n) is 5.88. The number of nitrogens with zero attached hydrogens (tertiary/aromatic N) is 1. The Labute approximate surface area is 139 Å². The molecule has 0 saturated heterocycles. The molecule has 0 bridgehead atoms. The summed E-state index contributed by atoms with van der Waals surface area (Å²) in [6.07, 6.45) is 0.179. The zero-order valence-electron chi connectivity index (χ0n) is 13.1. The summed E-state index contributed by atoms with van der Waals surface area (Å²) in [6.45, 7) is 1.66. The molecule has 126 valence electrons. The van der Waals surface area contributed by atoms with Gasteiger partial charge in [0.15, 0.2) is 0 Å². The maximum atomic E-state index is 14.1. The molecule has 0 aromatic heterocycles. The standard InChI is InChI=1S/C17H17FN2O3S/c1-11-6-7-14(18)16(8-11)24(22,23)20-10-13-5-3-2-4-12(13)9-15(20)17(19)21/h2-8,15H,9-10H2,1H3,(H2,19,21). The molecule has 0 fully saturated rings. The van der Waals surface area contributed by atoms with E-state index in [1.165, 1.54) is 12.1 Å². The summed E-state index contributed by atoms with van der Waals surface area (Å²) in [4.78, 5) is 11.4. The Hall–Kier alpha value is -2.25. The van der Waals surface area contributed by atoms with Crippen molar-refractivity contribution in [3.8, 4) is 0 Å². The second-order valence-corrected chi connectivity index (χ2v) is 7.73. The number of aryl methyl sites for hydroxylation is 1. The van der Waals surface area contributed by atoms with Gasteiger partial charge >= 0.3 is 0 Å². The van der Waals surface area contributed by atoms with Crippen molar-refractivity contribution in [2.24, 2.45) is 5.73 Å². The minimum atomic E-state index is -4.19. The van der Waals surface area contributed by atoms with Gasteiger partial charge in [0.1, 0.15) is 16.8 Å². The Morgan fingerprint density at radius 1 is 1.21 bits per heavy atom. The Bertz CT molecular complexity index is 912. The number of rotatable bonds is 3. The number of hydrogen-bond donors (Lipinski definition) is 1. The number of primary amides is 1. The summed E-state index contributed by atoms with van der Waals surface area (Å²) in [5.41, 5.74) is 7.69. The highest BCUT2D eigenvalue weighted by Gasteiger charge is 2.39. The fourth-order valence-corrected chi connectivity index (χ4v) is 4.65. The van der Waals surface area contributed by atoms with Gasteiger partial charge in [0.2, 0.25) is 15.9 Å². The third-order valence-corrected chi connectivity index (χ3v) is 6.08. The molecule has 5 nitrogen and oxygen atoms in total. The van der Waals surface area contributed by atoms with Crippen molar-refractivity contribution in [2.75, 3.05) is 0 Å². The zero-order chi connectivity index (χ0) is 17.5. The lowest BCUT2D eigenvalue weighted by Crippen LogP contribution is -2.51. The molecule has 2 aromatic carbocycles. The average Bonchev–Trinajstić information content (AvgIpc) is 2.55. The van der Waals surface area contributed by atoms with Crippen LogP contribution in [0.15, 0.2) is 47.4 Å². The van der Waals surface area contributed by atoms with Gasteiger partial charge in [0.25, 0.3) is 0 Å². The number of halogens is 1. The van der Waals surface area contributed by atoms with Gasteiger partial charge in [-0.25, -0.2) is 12.8 Å². The molecule has 3 rings (SSSR count). The Kier molecular flexibility index (Phi) is 4.15. The van der Waals surface area contributed by atoms with E-state index >= 15 is 0 Å². The number of nitrogens with two attached hydrogens (primary N) is 1. The smallest absolute Gasteiger partial charge is 0.247 e. The van der Waals surface area contributed by atoms with Crippen molar-refractivity contribution in [3.05, 3.63) is 65.0 Å². The van der Waals surface area contributed by atoms with Gasteiger partial charge in [-0.05, 0) is 42.2 Å². The quantitative estimate of drug-likeness (QED) is 0.917. The normalized spacial score (nSPS) is 18.2. The van der Waals surface area contributed by atoms with Crippen molar-refractivity contribution in [1.82, 2.24) is 4.31 Å². The molecular weight excluding hydrogens is 331 g/mol. The van der Waals surface area contributed by atoms with E-state index in [9.17, 15) is 17.6 Å². The van der Waals surface area contributed by atoms with Crippen LogP contribution < -0.4 is 5.73 Å².